The molecule has 0 aliphatic carbocycles. The quantitative estimate of drug-likeness (QED) is 0.423. The topological polar surface area (TPSA) is 90.6 Å². The normalized spacial score (nSPS) is 10.4. The maximum atomic E-state index is 10.8. The molecule has 0 unspecified atom stereocenters. The summed E-state index contributed by atoms with van der Waals surface area (Å²) >= 11 is 0. The number of fused-ring (bicyclic) bond motifs is 2. The summed E-state index contributed by atoms with van der Waals surface area (Å²) in [6.45, 7) is 0. The standard InChI is InChI=1S/C22H20O6.C3H7NO/c1-24-13-5-12(6-14(7-13)25-2)21-15-8-19(26-3)20(27-4)9-16(15)22(23)18-11-28-10-17(18)21;1-4(2)3-5/h5-11,23H,1-4H3;3H,1-2H3. The van der Waals surface area contributed by atoms with Crippen LogP contribution in [0.25, 0.3) is 32.7 Å². The maximum absolute atomic E-state index is 10.8. The molecular weight excluding hydrogens is 426 g/mol. The summed E-state index contributed by atoms with van der Waals surface area (Å²) in [4.78, 5) is 10.9. The third-order valence-corrected chi connectivity index (χ3v) is 5.09. The fraction of sp³-hybridized carbons (Fsp3) is 0.240. The fourth-order valence-corrected chi connectivity index (χ4v) is 3.51. The number of phenolic OH excluding ortho intramolecular Hbond substituents is 1. The molecule has 0 radical (unpaired) electrons. The van der Waals surface area contributed by atoms with Crippen LogP contribution in [0.4, 0.5) is 0 Å². The molecule has 4 rings (SSSR count). The molecule has 0 spiro atoms. The number of aromatic hydroxyl groups is 1. The molecule has 8 heteroatoms. The van der Waals surface area contributed by atoms with E-state index >= 15 is 0 Å². The fourth-order valence-electron chi connectivity index (χ4n) is 3.51. The van der Waals surface area contributed by atoms with Crippen LogP contribution < -0.4 is 18.9 Å². The Morgan fingerprint density at radius 1 is 0.758 bits per heavy atom. The lowest BCUT2D eigenvalue weighted by Crippen LogP contribution is -2.06. The second-order valence-corrected chi connectivity index (χ2v) is 7.35. The first-order chi connectivity index (χ1) is 15.9. The number of nitrogens with zero attached hydrogens (tertiary/aromatic N) is 1. The first kappa shape index (κ1) is 23.6. The van der Waals surface area contributed by atoms with Crippen molar-refractivity contribution < 1.29 is 33.3 Å². The molecule has 1 heterocycles. The molecule has 1 aromatic heterocycles. The SMILES string of the molecule is CN(C)C=O.COc1cc(OC)cc(-c2c3cocc3c(O)c3cc(OC)c(OC)cc23)c1. The minimum absolute atomic E-state index is 0.123. The molecule has 8 nitrogen and oxygen atoms in total. The van der Waals surface area contributed by atoms with Gasteiger partial charge in [0.15, 0.2) is 11.5 Å². The summed E-state index contributed by atoms with van der Waals surface area (Å²) in [7, 11) is 9.72. The zero-order chi connectivity index (χ0) is 24.1. The molecule has 1 amide bonds. The highest BCUT2D eigenvalue weighted by Gasteiger charge is 2.20. The van der Waals surface area contributed by atoms with Gasteiger partial charge >= 0.3 is 0 Å². The van der Waals surface area contributed by atoms with Gasteiger partial charge in [-0.2, -0.15) is 0 Å². The Kier molecular flexibility index (Phi) is 7.17. The number of amides is 1. The van der Waals surface area contributed by atoms with Gasteiger partial charge in [0.05, 0.1) is 40.1 Å². The molecule has 0 fully saturated rings. The van der Waals surface area contributed by atoms with Gasteiger partial charge in [-0.3, -0.25) is 4.79 Å². The Bertz CT molecular complexity index is 1250. The van der Waals surface area contributed by atoms with E-state index < -0.39 is 0 Å². The van der Waals surface area contributed by atoms with Gasteiger partial charge in [-0.1, -0.05) is 0 Å². The number of hydrogen-bond acceptors (Lipinski definition) is 7. The summed E-state index contributed by atoms with van der Waals surface area (Å²) in [5.74, 6) is 2.54. The Hall–Kier alpha value is -4.07. The summed E-state index contributed by atoms with van der Waals surface area (Å²) in [6.07, 6.45) is 3.90. The van der Waals surface area contributed by atoms with E-state index in [1.807, 2.05) is 24.3 Å². The van der Waals surface area contributed by atoms with E-state index in [-0.39, 0.29) is 5.75 Å². The zero-order valence-electron chi connectivity index (χ0n) is 19.5. The molecule has 0 bridgehead atoms. The molecule has 0 aliphatic heterocycles. The molecule has 33 heavy (non-hydrogen) atoms. The molecule has 174 valence electrons. The van der Waals surface area contributed by atoms with Gasteiger partial charge in [0, 0.05) is 36.5 Å². The number of carbonyl (C=O) groups excluding carboxylic acids is 1. The summed E-state index contributed by atoms with van der Waals surface area (Å²) in [5, 5.41) is 13.6. The Balaban J connectivity index is 0.000000555. The molecule has 0 atom stereocenters. The van der Waals surface area contributed by atoms with Crippen LogP contribution in [0.1, 0.15) is 0 Å². The van der Waals surface area contributed by atoms with Crippen LogP contribution in [-0.2, 0) is 4.79 Å². The Labute approximate surface area is 191 Å². The predicted molar refractivity (Wildman–Crippen MR) is 127 cm³/mol. The van der Waals surface area contributed by atoms with Crippen molar-refractivity contribution >= 4 is 28.0 Å². The smallest absolute Gasteiger partial charge is 0.209 e. The zero-order valence-corrected chi connectivity index (χ0v) is 19.5. The highest BCUT2D eigenvalue weighted by Crippen LogP contribution is 2.47. The van der Waals surface area contributed by atoms with E-state index in [0.29, 0.717) is 33.8 Å². The number of ether oxygens (including phenoxy) is 4. The number of benzene rings is 3. The van der Waals surface area contributed by atoms with Crippen LogP contribution in [0.5, 0.6) is 28.7 Å². The molecule has 0 aliphatic rings. The molecule has 0 saturated heterocycles. The van der Waals surface area contributed by atoms with Crippen molar-refractivity contribution in [2.24, 2.45) is 0 Å². The van der Waals surface area contributed by atoms with Crippen molar-refractivity contribution in [1.82, 2.24) is 4.90 Å². The van der Waals surface area contributed by atoms with Gasteiger partial charge in [0.25, 0.3) is 0 Å². The molecule has 1 N–H and O–H groups in total. The molecule has 3 aromatic carbocycles. The van der Waals surface area contributed by atoms with Gasteiger partial charge in [-0.15, -0.1) is 0 Å². The third kappa shape index (κ3) is 4.59. The molecule has 4 aromatic rings. The maximum Gasteiger partial charge on any atom is 0.209 e. The van der Waals surface area contributed by atoms with Gasteiger partial charge in [0.2, 0.25) is 6.41 Å². The van der Waals surface area contributed by atoms with Gasteiger partial charge in [-0.25, -0.2) is 0 Å². The summed E-state index contributed by atoms with van der Waals surface area (Å²) < 4.78 is 27.2. The van der Waals surface area contributed by atoms with E-state index in [4.69, 9.17) is 23.4 Å². The highest BCUT2D eigenvalue weighted by molar-refractivity contribution is 6.17. The Morgan fingerprint density at radius 3 is 1.76 bits per heavy atom. The van der Waals surface area contributed by atoms with Gasteiger partial charge < -0.3 is 33.4 Å². The van der Waals surface area contributed by atoms with Crippen molar-refractivity contribution in [3.63, 3.8) is 0 Å². The molecular formula is C25H27NO7. The van der Waals surface area contributed by atoms with E-state index in [0.717, 1.165) is 28.3 Å². The first-order valence-corrected chi connectivity index (χ1v) is 10.00. The predicted octanol–water partition coefficient (Wildman–Crippen LogP) is 4.70. The van der Waals surface area contributed by atoms with Crippen LogP contribution in [0.3, 0.4) is 0 Å². The van der Waals surface area contributed by atoms with Crippen LogP contribution in [0.2, 0.25) is 0 Å². The van der Waals surface area contributed by atoms with Crippen molar-refractivity contribution in [2.45, 2.75) is 0 Å². The van der Waals surface area contributed by atoms with Crippen molar-refractivity contribution in [3.05, 3.63) is 42.9 Å². The highest BCUT2D eigenvalue weighted by atomic mass is 16.5. The number of hydrogen-bond donors (Lipinski definition) is 1. The van der Waals surface area contributed by atoms with E-state index in [2.05, 4.69) is 0 Å². The number of carbonyl (C=O) groups is 1. The van der Waals surface area contributed by atoms with Crippen LogP contribution in [0.15, 0.2) is 47.3 Å². The molecule has 0 saturated carbocycles. The Morgan fingerprint density at radius 2 is 1.27 bits per heavy atom. The van der Waals surface area contributed by atoms with Crippen LogP contribution >= 0.6 is 0 Å². The number of phenols is 1. The van der Waals surface area contributed by atoms with E-state index in [1.165, 1.54) is 11.2 Å². The summed E-state index contributed by atoms with van der Waals surface area (Å²) in [5.41, 5.74) is 1.73. The third-order valence-electron chi connectivity index (χ3n) is 5.09. The largest absolute Gasteiger partial charge is 0.507 e. The minimum Gasteiger partial charge on any atom is -0.507 e. The average molecular weight is 453 g/mol. The monoisotopic (exact) mass is 453 g/mol. The lowest BCUT2D eigenvalue weighted by Gasteiger charge is -2.16. The van der Waals surface area contributed by atoms with E-state index in [9.17, 15) is 9.90 Å². The number of rotatable bonds is 6. The van der Waals surface area contributed by atoms with Crippen molar-refractivity contribution in [1.29, 1.82) is 0 Å². The van der Waals surface area contributed by atoms with Gasteiger partial charge in [-0.05, 0) is 35.2 Å². The van der Waals surface area contributed by atoms with E-state index in [1.54, 1.807) is 54.9 Å². The van der Waals surface area contributed by atoms with Gasteiger partial charge in [0.1, 0.15) is 23.5 Å². The van der Waals surface area contributed by atoms with Crippen molar-refractivity contribution in [2.75, 3.05) is 42.5 Å². The second-order valence-electron chi connectivity index (χ2n) is 7.35. The second kappa shape index (κ2) is 10.0. The summed E-state index contributed by atoms with van der Waals surface area (Å²) in [6, 6.07) is 9.25. The lowest BCUT2D eigenvalue weighted by molar-refractivity contribution is -0.115. The first-order valence-electron chi connectivity index (χ1n) is 10.00. The lowest BCUT2D eigenvalue weighted by atomic mass is 9.92. The van der Waals surface area contributed by atoms with Crippen LogP contribution in [-0.4, -0.2) is 59.0 Å². The van der Waals surface area contributed by atoms with Crippen LogP contribution in [0, 0.1) is 0 Å². The van der Waals surface area contributed by atoms with Crippen molar-refractivity contribution in [3.8, 4) is 39.9 Å². The minimum atomic E-state index is 0.123. The number of furan rings is 1. The number of methoxy groups -OCH3 is 4. The average Bonchev–Trinajstić information content (AvgIpc) is 3.33.